The van der Waals surface area contributed by atoms with Gasteiger partial charge < -0.3 is 9.73 Å². The molecule has 1 aromatic heterocycles. The molecule has 0 spiro atoms. The first kappa shape index (κ1) is 16.2. The molecule has 118 valence electrons. The van der Waals surface area contributed by atoms with Crippen LogP contribution in [0.1, 0.15) is 5.56 Å². The molecule has 1 N–H and O–H groups in total. The Balaban J connectivity index is 1.66. The second-order valence-corrected chi connectivity index (χ2v) is 6.63. The molecule has 1 amide bonds. The van der Waals surface area contributed by atoms with Crippen molar-refractivity contribution in [3.63, 3.8) is 0 Å². The summed E-state index contributed by atoms with van der Waals surface area (Å²) in [6.45, 7) is 1.98. The highest BCUT2D eigenvalue weighted by Gasteiger charge is 2.12. The lowest BCUT2D eigenvalue weighted by molar-refractivity contribution is -0.113. The summed E-state index contributed by atoms with van der Waals surface area (Å²) >= 11 is 13.3. The van der Waals surface area contributed by atoms with Crippen molar-refractivity contribution in [1.82, 2.24) is 4.98 Å². The van der Waals surface area contributed by atoms with Gasteiger partial charge in [-0.1, -0.05) is 47.1 Å². The fourth-order valence-corrected chi connectivity index (χ4v) is 3.12. The Hall–Kier alpha value is -1.69. The summed E-state index contributed by atoms with van der Waals surface area (Å²) in [4.78, 5) is 16.4. The van der Waals surface area contributed by atoms with E-state index in [1.54, 1.807) is 18.2 Å². The third kappa shape index (κ3) is 3.80. The van der Waals surface area contributed by atoms with Crippen molar-refractivity contribution in [1.29, 1.82) is 0 Å². The van der Waals surface area contributed by atoms with Crippen LogP contribution < -0.4 is 5.32 Å². The molecule has 0 bridgehead atoms. The van der Waals surface area contributed by atoms with Crippen LogP contribution in [0.15, 0.2) is 46.0 Å². The van der Waals surface area contributed by atoms with Crippen LogP contribution >= 0.6 is 35.0 Å². The first-order valence-electron chi connectivity index (χ1n) is 6.77. The summed E-state index contributed by atoms with van der Waals surface area (Å²) in [5.74, 6) is -0.0867. The Morgan fingerprint density at radius 1 is 1.26 bits per heavy atom. The zero-order valence-electron chi connectivity index (χ0n) is 12.1. The first-order chi connectivity index (χ1) is 11.0. The monoisotopic (exact) mass is 366 g/mol. The van der Waals surface area contributed by atoms with Gasteiger partial charge in [0.2, 0.25) is 5.91 Å². The highest BCUT2D eigenvalue weighted by molar-refractivity contribution is 7.99. The molecule has 0 saturated heterocycles. The molecule has 0 saturated carbocycles. The smallest absolute Gasteiger partial charge is 0.257 e. The fraction of sp³-hybridized carbons (Fsp3) is 0.125. The van der Waals surface area contributed by atoms with Crippen molar-refractivity contribution in [3.05, 3.63) is 52.0 Å². The molecule has 1 heterocycles. The minimum absolute atomic E-state index is 0.146. The van der Waals surface area contributed by atoms with Gasteiger partial charge in [0.25, 0.3) is 5.22 Å². The SMILES string of the molecule is Cc1ccc2nc(SCC(=O)Nc3c(Cl)cccc3Cl)oc2c1. The third-order valence-corrected chi connectivity index (χ3v) is 4.54. The van der Waals surface area contributed by atoms with Crippen molar-refractivity contribution >= 4 is 57.7 Å². The fourth-order valence-electron chi connectivity index (χ4n) is 1.99. The van der Waals surface area contributed by atoms with Gasteiger partial charge in [0.05, 0.1) is 21.5 Å². The minimum atomic E-state index is -0.233. The van der Waals surface area contributed by atoms with Gasteiger partial charge in [-0.2, -0.15) is 0 Å². The van der Waals surface area contributed by atoms with Gasteiger partial charge in [-0.15, -0.1) is 0 Å². The molecule has 3 rings (SSSR count). The second kappa shape index (κ2) is 6.83. The first-order valence-corrected chi connectivity index (χ1v) is 8.51. The number of halogens is 2. The van der Waals surface area contributed by atoms with Crippen LogP contribution in [-0.2, 0) is 4.79 Å². The lowest BCUT2D eigenvalue weighted by Gasteiger charge is -2.08. The molecule has 0 atom stereocenters. The molecule has 0 aliphatic carbocycles. The summed E-state index contributed by atoms with van der Waals surface area (Å²) < 4.78 is 5.62. The van der Waals surface area contributed by atoms with E-state index in [0.717, 1.165) is 11.1 Å². The molecule has 3 aromatic rings. The van der Waals surface area contributed by atoms with E-state index in [9.17, 15) is 4.79 Å². The lowest BCUT2D eigenvalue weighted by Crippen LogP contribution is -2.14. The van der Waals surface area contributed by atoms with Gasteiger partial charge >= 0.3 is 0 Å². The maximum Gasteiger partial charge on any atom is 0.257 e. The number of oxazole rings is 1. The predicted molar refractivity (Wildman–Crippen MR) is 94.6 cm³/mol. The van der Waals surface area contributed by atoms with Crippen molar-refractivity contribution < 1.29 is 9.21 Å². The number of nitrogens with zero attached hydrogens (tertiary/aromatic N) is 1. The van der Waals surface area contributed by atoms with Gasteiger partial charge in [-0.25, -0.2) is 4.98 Å². The van der Waals surface area contributed by atoms with Crippen molar-refractivity contribution in [3.8, 4) is 0 Å². The zero-order valence-corrected chi connectivity index (χ0v) is 14.4. The van der Waals surface area contributed by atoms with Crippen LogP contribution in [0.2, 0.25) is 10.0 Å². The van der Waals surface area contributed by atoms with Gasteiger partial charge in [0, 0.05) is 0 Å². The zero-order chi connectivity index (χ0) is 16.4. The van der Waals surface area contributed by atoms with E-state index in [-0.39, 0.29) is 11.7 Å². The molecular weight excluding hydrogens is 355 g/mol. The van der Waals surface area contributed by atoms with Gasteiger partial charge in [-0.3, -0.25) is 4.79 Å². The second-order valence-electron chi connectivity index (χ2n) is 4.88. The number of aryl methyl sites for hydroxylation is 1. The number of amides is 1. The number of carbonyl (C=O) groups is 1. The molecule has 23 heavy (non-hydrogen) atoms. The van der Waals surface area contributed by atoms with E-state index in [2.05, 4.69) is 10.3 Å². The molecular formula is C16H12Cl2N2O2S. The maximum atomic E-state index is 12.0. The number of aromatic nitrogens is 1. The Morgan fingerprint density at radius 3 is 2.74 bits per heavy atom. The van der Waals surface area contributed by atoms with Crippen LogP contribution in [0, 0.1) is 6.92 Å². The number of carbonyl (C=O) groups excluding carboxylic acids is 1. The number of rotatable bonds is 4. The van der Waals surface area contributed by atoms with Crippen LogP contribution in [0.3, 0.4) is 0 Å². The molecule has 0 fully saturated rings. The molecule has 0 radical (unpaired) electrons. The molecule has 0 aliphatic rings. The largest absolute Gasteiger partial charge is 0.431 e. The molecule has 0 unspecified atom stereocenters. The van der Waals surface area contributed by atoms with E-state index in [0.29, 0.717) is 26.5 Å². The normalized spacial score (nSPS) is 10.9. The number of hydrogen-bond donors (Lipinski definition) is 1. The average molecular weight is 367 g/mol. The molecule has 0 aliphatic heterocycles. The topological polar surface area (TPSA) is 55.1 Å². The van der Waals surface area contributed by atoms with E-state index in [1.165, 1.54) is 11.8 Å². The van der Waals surface area contributed by atoms with Crippen LogP contribution in [0.5, 0.6) is 0 Å². The molecule has 4 nitrogen and oxygen atoms in total. The Morgan fingerprint density at radius 2 is 2.00 bits per heavy atom. The highest BCUT2D eigenvalue weighted by Crippen LogP contribution is 2.30. The van der Waals surface area contributed by atoms with E-state index in [1.807, 2.05) is 25.1 Å². The summed E-state index contributed by atoms with van der Waals surface area (Å²) in [6, 6.07) is 10.8. The number of hydrogen-bond acceptors (Lipinski definition) is 4. The highest BCUT2D eigenvalue weighted by atomic mass is 35.5. The van der Waals surface area contributed by atoms with E-state index < -0.39 is 0 Å². The predicted octanol–water partition coefficient (Wildman–Crippen LogP) is 5.17. The molecule has 2 aromatic carbocycles. The van der Waals surface area contributed by atoms with Gasteiger partial charge in [-0.05, 0) is 36.8 Å². The van der Waals surface area contributed by atoms with Crippen LogP contribution in [-0.4, -0.2) is 16.6 Å². The number of thioether (sulfide) groups is 1. The van der Waals surface area contributed by atoms with Crippen LogP contribution in [0.25, 0.3) is 11.1 Å². The number of anilines is 1. The Kier molecular flexibility index (Phi) is 4.80. The van der Waals surface area contributed by atoms with Crippen LogP contribution in [0.4, 0.5) is 5.69 Å². The molecule has 7 heteroatoms. The number of nitrogens with one attached hydrogen (secondary N) is 1. The van der Waals surface area contributed by atoms with Gasteiger partial charge in [0.1, 0.15) is 5.52 Å². The summed E-state index contributed by atoms with van der Waals surface area (Å²) in [7, 11) is 0. The quantitative estimate of drug-likeness (QED) is 0.646. The van der Waals surface area contributed by atoms with Crippen molar-refractivity contribution in [2.75, 3.05) is 11.1 Å². The van der Waals surface area contributed by atoms with E-state index >= 15 is 0 Å². The Labute approximate surface area is 147 Å². The van der Waals surface area contributed by atoms with Crippen molar-refractivity contribution in [2.24, 2.45) is 0 Å². The van der Waals surface area contributed by atoms with E-state index in [4.69, 9.17) is 27.6 Å². The average Bonchev–Trinajstić information content (AvgIpc) is 2.91. The summed E-state index contributed by atoms with van der Waals surface area (Å²) in [5.41, 5.74) is 2.99. The van der Waals surface area contributed by atoms with Crippen molar-refractivity contribution in [2.45, 2.75) is 12.1 Å². The number of para-hydroxylation sites is 1. The summed E-state index contributed by atoms with van der Waals surface area (Å²) in [5, 5.41) is 3.94. The Bertz CT molecular complexity index is 859. The standard InChI is InChI=1S/C16H12Cl2N2O2S/c1-9-5-6-12-13(7-9)22-16(19-12)23-8-14(21)20-15-10(17)3-2-4-11(15)18/h2-7H,8H2,1H3,(H,20,21). The minimum Gasteiger partial charge on any atom is -0.431 e. The van der Waals surface area contributed by atoms with Gasteiger partial charge in [0.15, 0.2) is 5.58 Å². The number of fused-ring (bicyclic) bond motifs is 1. The lowest BCUT2D eigenvalue weighted by atomic mass is 10.2. The summed E-state index contributed by atoms with van der Waals surface area (Å²) in [6.07, 6.45) is 0. The third-order valence-electron chi connectivity index (χ3n) is 3.08. The number of benzene rings is 2. The maximum absolute atomic E-state index is 12.0.